The first kappa shape index (κ1) is 23.0. The van der Waals surface area contributed by atoms with Crippen molar-refractivity contribution in [3.63, 3.8) is 0 Å². The van der Waals surface area contributed by atoms with E-state index in [1.165, 1.54) is 23.3 Å². The van der Waals surface area contributed by atoms with Crippen molar-refractivity contribution in [3.8, 4) is 12.1 Å². The summed E-state index contributed by atoms with van der Waals surface area (Å²) >= 11 is 0. The van der Waals surface area contributed by atoms with Gasteiger partial charge in [0.25, 0.3) is 0 Å². The summed E-state index contributed by atoms with van der Waals surface area (Å²) in [5.74, 6) is -0.907. The molecule has 8 heteroatoms. The molecule has 3 aromatic rings. The lowest BCUT2D eigenvalue weighted by Crippen LogP contribution is -2.37. The molecule has 2 fully saturated rings. The minimum absolute atomic E-state index is 0.0344. The minimum Gasteiger partial charge on any atom is -0.347 e. The quantitative estimate of drug-likeness (QED) is 0.509. The molecule has 0 N–H and O–H groups in total. The number of amides is 1. The first-order chi connectivity index (χ1) is 17.0. The molecule has 178 valence electrons. The summed E-state index contributed by atoms with van der Waals surface area (Å²) in [6.07, 6.45) is 5.64. The summed E-state index contributed by atoms with van der Waals surface area (Å²) in [7, 11) is 0. The van der Waals surface area contributed by atoms with Gasteiger partial charge in [0.05, 0.1) is 29.8 Å². The van der Waals surface area contributed by atoms with E-state index in [1.807, 2.05) is 24.4 Å². The summed E-state index contributed by atoms with van der Waals surface area (Å²) < 4.78 is 29.9. The van der Waals surface area contributed by atoms with Crippen LogP contribution in [0.25, 0.3) is 10.9 Å². The Morgan fingerprint density at radius 1 is 1.03 bits per heavy atom. The maximum Gasteiger partial charge on any atom is 0.249 e. The van der Waals surface area contributed by atoms with Gasteiger partial charge in [0.15, 0.2) is 0 Å². The highest BCUT2D eigenvalue weighted by Crippen LogP contribution is 2.37. The number of halogens is 2. The molecule has 1 aliphatic heterocycles. The molecule has 1 aromatic heterocycles. The second kappa shape index (κ2) is 9.48. The van der Waals surface area contributed by atoms with Crippen molar-refractivity contribution in [2.45, 2.75) is 44.7 Å². The van der Waals surface area contributed by atoms with E-state index in [9.17, 15) is 13.6 Å². The Bertz CT molecular complexity index is 1360. The molecule has 2 heterocycles. The Hall–Kier alpha value is -3.75. The zero-order valence-electron chi connectivity index (χ0n) is 19.1. The average molecular weight is 475 g/mol. The minimum atomic E-state index is -0.513. The molecule has 6 nitrogen and oxygen atoms in total. The third-order valence-electron chi connectivity index (χ3n) is 7.19. The fourth-order valence-corrected chi connectivity index (χ4v) is 5.36. The van der Waals surface area contributed by atoms with E-state index in [-0.39, 0.29) is 23.0 Å². The van der Waals surface area contributed by atoms with Crippen LogP contribution in [0.4, 0.5) is 8.78 Å². The molecule has 35 heavy (non-hydrogen) atoms. The predicted octanol–water partition coefficient (Wildman–Crippen LogP) is 5.37. The van der Waals surface area contributed by atoms with Gasteiger partial charge in [-0.15, -0.1) is 0 Å². The molecule has 1 saturated heterocycles. The number of carbonyl (C=O) groups excluding carboxylic acids is 1. The first-order valence-corrected chi connectivity index (χ1v) is 11.8. The summed E-state index contributed by atoms with van der Waals surface area (Å²) in [5.41, 5.74) is 1.67. The predicted molar refractivity (Wildman–Crippen MR) is 123 cm³/mol. The molecule has 0 radical (unpaired) electrons. The maximum absolute atomic E-state index is 14.0. The van der Waals surface area contributed by atoms with Gasteiger partial charge in [-0.05, 0) is 73.6 Å². The number of hydrogen-bond acceptors (Lipinski definition) is 4. The van der Waals surface area contributed by atoms with Crippen LogP contribution in [0.15, 0.2) is 42.6 Å². The van der Waals surface area contributed by atoms with Crippen molar-refractivity contribution in [1.29, 1.82) is 10.5 Å². The fourth-order valence-electron chi connectivity index (χ4n) is 5.36. The average Bonchev–Trinajstić information content (AvgIpc) is 3.50. The van der Waals surface area contributed by atoms with Gasteiger partial charge in [-0.2, -0.15) is 10.5 Å². The highest BCUT2D eigenvalue weighted by Gasteiger charge is 2.37. The van der Waals surface area contributed by atoms with Crippen LogP contribution in [0.5, 0.6) is 0 Å². The van der Waals surface area contributed by atoms with E-state index in [0.717, 1.165) is 43.1 Å². The second-order valence-electron chi connectivity index (χ2n) is 9.38. The van der Waals surface area contributed by atoms with Crippen molar-refractivity contribution in [2.75, 3.05) is 6.61 Å². The lowest BCUT2D eigenvalue weighted by Gasteiger charge is -2.32. The maximum atomic E-state index is 14.0. The molecule has 0 unspecified atom stereocenters. The van der Waals surface area contributed by atoms with Crippen LogP contribution in [0.3, 0.4) is 0 Å². The van der Waals surface area contributed by atoms with Crippen molar-refractivity contribution >= 4 is 16.8 Å². The molecular formula is C27H24F2N4O2. The summed E-state index contributed by atoms with van der Waals surface area (Å²) in [5, 5.41) is 20.5. The second-order valence-corrected chi connectivity index (χ2v) is 9.38. The first-order valence-electron chi connectivity index (χ1n) is 11.8. The Kier molecular flexibility index (Phi) is 6.23. The van der Waals surface area contributed by atoms with Crippen LogP contribution in [0, 0.1) is 46.1 Å². The number of fused-ring (bicyclic) bond motifs is 1. The van der Waals surface area contributed by atoms with Gasteiger partial charge in [-0.25, -0.2) is 13.8 Å². The zero-order chi connectivity index (χ0) is 24.5. The van der Waals surface area contributed by atoms with Gasteiger partial charge in [0, 0.05) is 36.0 Å². The van der Waals surface area contributed by atoms with Crippen molar-refractivity contribution in [3.05, 3.63) is 70.9 Å². The smallest absolute Gasteiger partial charge is 0.249 e. The molecule has 2 aromatic carbocycles. The van der Waals surface area contributed by atoms with Crippen LogP contribution in [-0.2, 0) is 16.2 Å². The topological polar surface area (TPSA) is 82.0 Å². The third kappa shape index (κ3) is 4.50. The Morgan fingerprint density at radius 2 is 1.83 bits per heavy atom. The number of benzene rings is 2. The van der Waals surface area contributed by atoms with Gasteiger partial charge < -0.3 is 4.57 Å². The van der Waals surface area contributed by atoms with Crippen LogP contribution in [0.2, 0.25) is 0 Å². The number of nitrogens with zero attached hydrogens (tertiary/aromatic N) is 4. The van der Waals surface area contributed by atoms with Gasteiger partial charge in [-0.3, -0.25) is 9.63 Å². The van der Waals surface area contributed by atoms with Crippen LogP contribution < -0.4 is 0 Å². The van der Waals surface area contributed by atoms with Gasteiger partial charge in [0.1, 0.15) is 17.7 Å². The van der Waals surface area contributed by atoms with E-state index in [2.05, 4.69) is 4.57 Å². The molecule has 0 bridgehead atoms. The summed E-state index contributed by atoms with van der Waals surface area (Å²) in [6.45, 7) is 1.11. The van der Waals surface area contributed by atoms with Crippen molar-refractivity contribution in [2.24, 2.45) is 11.8 Å². The molecule has 5 rings (SSSR count). The fraction of sp³-hybridized carbons (Fsp3) is 0.370. The largest absolute Gasteiger partial charge is 0.347 e. The summed E-state index contributed by atoms with van der Waals surface area (Å²) in [4.78, 5) is 19.0. The lowest BCUT2D eigenvalue weighted by molar-refractivity contribution is -0.183. The van der Waals surface area contributed by atoms with Gasteiger partial charge >= 0.3 is 0 Å². The van der Waals surface area contributed by atoms with Crippen LogP contribution in [-0.4, -0.2) is 22.1 Å². The van der Waals surface area contributed by atoms with E-state index in [4.69, 9.17) is 15.4 Å². The SMILES string of the molecule is N#Cc1cc(F)cc([C@@H]2CCON2C(=O)C2CCC(Cn3ccc4cc(F)c(C#N)cc43)CC2)c1. The Balaban J connectivity index is 1.24. The van der Waals surface area contributed by atoms with Gasteiger partial charge in [0.2, 0.25) is 5.91 Å². The molecule has 1 saturated carbocycles. The van der Waals surface area contributed by atoms with Crippen LogP contribution >= 0.6 is 0 Å². The van der Waals surface area contributed by atoms with Crippen LogP contribution in [0.1, 0.15) is 54.8 Å². The summed E-state index contributed by atoms with van der Waals surface area (Å²) in [6, 6.07) is 12.5. The number of aromatic nitrogens is 1. The molecule has 0 spiro atoms. The monoisotopic (exact) mass is 474 g/mol. The molecule has 2 aliphatic rings. The zero-order valence-corrected chi connectivity index (χ0v) is 19.1. The molecular weight excluding hydrogens is 450 g/mol. The Labute approximate surface area is 201 Å². The van der Waals surface area contributed by atoms with Crippen molar-refractivity contribution in [1.82, 2.24) is 9.63 Å². The third-order valence-corrected chi connectivity index (χ3v) is 7.19. The normalized spacial score (nSPS) is 22.2. The number of rotatable bonds is 4. The van der Waals surface area contributed by atoms with E-state index in [1.54, 1.807) is 12.1 Å². The molecule has 1 atom stereocenters. The van der Waals surface area contributed by atoms with E-state index >= 15 is 0 Å². The van der Waals surface area contributed by atoms with E-state index < -0.39 is 17.7 Å². The number of carbonyl (C=O) groups is 1. The lowest BCUT2D eigenvalue weighted by atomic mass is 9.81. The highest BCUT2D eigenvalue weighted by atomic mass is 19.1. The van der Waals surface area contributed by atoms with E-state index in [0.29, 0.717) is 24.5 Å². The highest BCUT2D eigenvalue weighted by molar-refractivity contribution is 5.82. The number of nitriles is 2. The molecule has 1 amide bonds. The van der Waals surface area contributed by atoms with Gasteiger partial charge in [-0.1, -0.05) is 0 Å². The molecule has 1 aliphatic carbocycles. The number of hydrogen-bond donors (Lipinski definition) is 0. The Morgan fingerprint density at radius 3 is 2.57 bits per heavy atom. The number of hydroxylamine groups is 2. The standard InChI is InChI=1S/C27H24F2N4O2/c28-23-10-18(14-30)9-21(11-23)25-6-8-35-33(25)27(34)19-3-1-17(2-4-19)16-32-7-5-20-12-24(29)22(15-31)13-26(20)32/h5,7,9-13,17,19,25H,1-4,6,8,16H2/t17?,19?,25-/m0/s1. The van der Waals surface area contributed by atoms with Crippen molar-refractivity contribution < 1.29 is 18.4 Å².